The second-order valence-corrected chi connectivity index (χ2v) is 15.8. The maximum Gasteiger partial charge on any atom is 0.380 e. The molecule has 0 aromatic heterocycles. The number of carbonyl (C=O) groups excluding carboxylic acids is 3. The summed E-state index contributed by atoms with van der Waals surface area (Å²) in [7, 11) is -10.7. The second kappa shape index (κ2) is 13.1. The van der Waals surface area contributed by atoms with Crippen molar-refractivity contribution in [3.05, 3.63) is 0 Å². The highest BCUT2D eigenvalue weighted by atomic mass is 31.2. The quantitative estimate of drug-likeness (QED) is 0.124. The Morgan fingerprint density at radius 3 is 1.24 bits per heavy atom. The summed E-state index contributed by atoms with van der Waals surface area (Å²) in [5, 5.41) is 7.84. The average Bonchev–Trinajstić information content (AvgIpc) is 2.71. The van der Waals surface area contributed by atoms with Gasteiger partial charge in [-0.2, -0.15) is 0 Å². The van der Waals surface area contributed by atoms with E-state index in [2.05, 4.69) is 0 Å². The lowest BCUT2D eigenvalue weighted by molar-refractivity contribution is -0.162. The van der Waals surface area contributed by atoms with Crippen LogP contribution in [-0.4, -0.2) is 59.9 Å². The molecule has 2 unspecified atom stereocenters. The standard InChI is InChI=1S/C21H41NO13P2/c1-18(2,3)15(23)30-12-33-36(27,28)21(26,10-11-22)37(29,34-13-31-16(24)19(4,5)6)35-14-32-17(25)20(7,8)9/h26H,10-14,22H2,1-9H3,(H,27,28). The monoisotopic (exact) mass is 577 g/mol. The van der Waals surface area contributed by atoms with Crippen LogP contribution >= 0.6 is 15.2 Å². The van der Waals surface area contributed by atoms with Gasteiger partial charge in [0.15, 0.2) is 0 Å². The van der Waals surface area contributed by atoms with Crippen LogP contribution in [0.1, 0.15) is 68.7 Å². The Hall–Kier alpha value is -1.37. The minimum atomic E-state index is -5.45. The summed E-state index contributed by atoms with van der Waals surface area (Å²) >= 11 is 0. The summed E-state index contributed by atoms with van der Waals surface area (Å²) in [5.41, 5.74) is 2.51. The van der Waals surface area contributed by atoms with Gasteiger partial charge in [-0.3, -0.25) is 37.1 Å². The van der Waals surface area contributed by atoms with Crippen molar-refractivity contribution in [1.29, 1.82) is 0 Å². The zero-order valence-electron chi connectivity index (χ0n) is 22.9. The van der Waals surface area contributed by atoms with Gasteiger partial charge in [-0.1, -0.05) is 0 Å². The van der Waals surface area contributed by atoms with Crippen molar-refractivity contribution in [2.24, 2.45) is 22.0 Å². The Kier molecular flexibility index (Phi) is 12.6. The first-order chi connectivity index (χ1) is 16.4. The first-order valence-corrected chi connectivity index (χ1v) is 14.4. The Morgan fingerprint density at radius 1 is 0.676 bits per heavy atom. The largest absolute Gasteiger partial charge is 0.438 e. The molecule has 0 rings (SSSR count). The topological polar surface area (TPSA) is 207 Å². The van der Waals surface area contributed by atoms with Crippen LogP contribution in [0.15, 0.2) is 0 Å². The molecule has 16 heteroatoms. The highest BCUT2D eigenvalue weighted by Crippen LogP contribution is 2.75. The van der Waals surface area contributed by atoms with Crippen LogP contribution in [0.4, 0.5) is 0 Å². The van der Waals surface area contributed by atoms with Crippen molar-refractivity contribution < 1.29 is 61.3 Å². The maximum atomic E-state index is 13.7. The molecule has 0 aromatic carbocycles. The normalized spacial score (nSPS) is 16.3. The molecule has 0 saturated heterocycles. The lowest BCUT2D eigenvalue weighted by Crippen LogP contribution is -2.36. The predicted octanol–water partition coefficient (Wildman–Crippen LogP) is 3.05. The summed E-state index contributed by atoms with van der Waals surface area (Å²) in [5.74, 6) is -2.38. The van der Waals surface area contributed by atoms with E-state index in [9.17, 15) is 33.5 Å². The lowest BCUT2D eigenvalue weighted by atomic mass is 9.98. The summed E-state index contributed by atoms with van der Waals surface area (Å²) in [6.45, 7) is 9.93. The molecule has 0 aliphatic rings. The zero-order chi connectivity index (χ0) is 29.5. The van der Waals surface area contributed by atoms with Crippen molar-refractivity contribution in [3.8, 4) is 0 Å². The number of carbonyl (C=O) groups is 3. The third-order valence-electron chi connectivity index (χ3n) is 4.45. The molecular weight excluding hydrogens is 536 g/mol. The van der Waals surface area contributed by atoms with Crippen molar-refractivity contribution in [1.82, 2.24) is 0 Å². The van der Waals surface area contributed by atoms with E-state index in [0.29, 0.717) is 0 Å². The highest BCUT2D eigenvalue weighted by molar-refractivity contribution is 7.73. The fourth-order valence-corrected chi connectivity index (χ4v) is 5.92. The van der Waals surface area contributed by atoms with E-state index < -0.39 is 87.8 Å². The SMILES string of the molecule is CC(C)(C)C(=O)OCOP(=O)(O)C(O)(CCN)P(=O)(OCOC(=O)C(C)(C)C)OCOC(=O)C(C)(C)C. The number of hydrogen-bond donors (Lipinski definition) is 3. The van der Waals surface area contributed by atoms with E-state index in [0.717, 1.165) is 0 Å². The molecule has 0 bridgehead atoms. The summed E-state index contributed by atoms with van der Waals surface area (Å²) in [6, 6.07) is 0. The van der Waals surface area contributed by atoms with Crippen LogP contribution in [0.3, 0.4) is 0 Å². The smallest absolute Gasteiger partial charge is 0.380 e. The summed E-state index contributed by atoms with van der Waals surface area (Å²) in [4.78, 5) is 46.6. The minimum absolute atomic E-state index is 0.521. The number of ether oxygens (including phenoxy) is 3. The van der Waals surface area contributed by atoms with Gasteiger partial charge < -0.3 is 29.9 Å². The molecule has 0 spiro atoms. The molecule has 14 nitrogen and oxygen atoms in total. The molecule has 0 aromatic rings. The number of hydrogen-bond acceptors (Lipinski definition) is 13. The molecule has 0 aliphatic carbocycles. The molecule has 37 heavy (non-hydrogen) atoms. The van der Waals surface area contributed by atoms with Gasteiger partial charge in [0, 0.05) is 6.42 Å². The Morgan fingerprint density at radius 2 is 0.973 bits per heavy atom. The van der Waals surface area contributed by atoms with E-state index in [1.165, 1.54) is 62.3 Å². The van der Waals surface area contributed by atoms with Gasteiger partial charge >= 0.3 is 33.1 Å². The zero-order valence-corrected chi connectivity index (χ0v) is 24.7. The maximum absolute atomic E-state index is 13.7. The van der Waals surface area contributed by atoms with Crippen molar-refractivity contribution in [3.63, 3.8) is 0 Å². The van der Waals surface area contributed by atoms with Gasteiger partial charge in [0.2, 0.25) is 20.4 Å². The fraction of sp³-hybridized carbons (Fsp3) is 0.857. The van der Waals surface area contributed by atoms with E-state index in [4.69, 9.17) is 33.5 Å². The van der Waals surface area contributed by atoms with E-state index in [1.807, 2.05) is 0 Å². The van der Waals surface area contributed by atoms with Crippen molar-refractivity contribution in [2.45, 2.75) is 73.8 Å². The van der Waals surface area contributed by atoms with Crippen molar-refractivity contribution in [2.75, 3.05) is 26.9 Å². The van der Waals surface area contributed by atoms with Gasteiger partial charge in [0.25, 0.3) is 5.08 Å². The third kappa shape index (κ3) is 10.4. The fourth-order valence-electron chi connectivity index (χ4n) is 2.07. The molecule has 0 amide bonds. The molecule has 0 aliphatic heterocycles. The van der Waals surface area contributed by atoms with Gasteiger partial charge in [0.1, 0.15) is 0 Å². The van der Waals surface area contributed by atoms with E-state index in [1.54, 1.807) is 0 Å². The molecule has 0 heterocycles. The number of aliphatic hydroxyl groups is 1. The predicted molar refractivity (Wildman–Crippen MR) is 131 cm³/mol. The Labute approximate surface area is 217 Å². The van der Waals surface area contributed by atoms with Gasteiger partial charge in [-0.05, 0) is 68.9 Å². The van der Waals surface area contributed by atoms with E-state index in [-0.39, 0.29) is 0 Å². The molecule has 2 atom stereocenters. The molecule has 0 fully saturated rings. The molecular formula is C21H41NO13P2. The van der Waals surface area contributed by atoms with Crippen LogP contribution in [0.2, 0.25) is 0 Å². The number of rotatable bonds is 13. The van der Waals surface area contributed by atoms with Gasteiger partial charge in [0.05, 0.1) is 16.2 Å². The molecule has 4 N–H and O–H groups in total. The third-order valence-corrected chi connectivity index (χ3v) is 9.52. The van der Waals surface area contributed by atoms with Crippen molar-refractivity contribution >= 4 is 33.1 Å². The Balaban J connectivity index is 6.05. The first-order valence-electron chi connectivity index (χ1n) is 11.3. The lowest BCUT2D eigenvalue weighted by Gasteiger charge is -2.36. The molecule has 218 valence electrons. The molecule has 0 radical (unpaired) electrons. The van der Waals surface area contributed by atoms with Crippen LogP contribution < -0.4 is 5.73 Å². The Bertz CT molecular complexity index is 866. The average molecular weight is 578 g/mol. The second-order valence-electron chi connectivity index (χ2n) is 11.1. The minimum Gasteiger partial charge on any atom is -0.438 e. The van der Waals surface area contributed by atoms with Crippen LogP contribution in [0, 0.1) is 16.2 Å². The highest BCUT2D eigenvalue weighted by Gasteiger charge is 2.64. The van der Waals surface area contributed by atoms with Gasteiger partial charge in [-0.15, -0.1) is 0 Å². The summed E-state index contributed by atoms with van der Waals surface area (Å²) < 4.78 is 56.2. The van der Waals surface area contributed by atoms with E-state index >= 15 is 0 Å². The number of esters is 3. The van der Waals surface area contributed by atoms with Crippen LogP contribution in [0.25, 0.3) is 0 Å². The van der Waals surface area contributed by atoms with Gasteiger partial charge in [-0.25, -0.2) is 0 Å². The number of nitrogens with two attached hydrogens (primary N) is 1. The molecule has 0 saturated carbocycles. The first kappa shape index (κ1) is 35.6. The summed E-state index contributed by atoms with van der Waals surface area (Å²) in [6.07, 6.45) is -0.883. The van der Waals surface area contributed by atoms with Crippen LogP contribution in [0.5, 0.6) is 0 Å². The van der Waals surface area contributed by atoms with Crippen LogP contribution in [-0.2, 0) is 51.3 Å².